The second-order valence-electron chi connectivity index (χ2n) is 13.4. The number of fused-ring (bicyclic) bond motifs is 2. The Morgan fingerprint density at radius 3 is 2.44 bits per heavy atom. The van der Waals surface area contributed by atoms with Crippen LogP contribution in [0.2, 0.25) is 0 Å². The van der Waals surface area contributed by atoms with E-state index in [1.807, 2.05) is 6.07 Å². The fourth-order valence-corrected chi connectivity index (χ4v) is 11.6. The van der Waals surface area contributed by atoms with Crippen molar-refractivity contribution in [2.24, 2.45) is 40.4 Å². The number of piperidine rings is 1. The van der Waals surface area contributed by atoms with Gasteiger partial charge in [0.25, 0.3) is 0 Å². The number of methoxy groups -OCH3 is 4. The molecule has 5 unspecified atom stereocenters. The Morgan fingerprint density at radius 2 is 1.80 bits per heavy atom. The minimum absolute atomic E-state index is 0.0986. The highest BCUT2D eigenvalue weighted by atomic mass is 16.6. The minimum Gasteiger partial charge on any atom is -0.455 e. The maximum Gasteiger partial charge on any atom is 0.338 e. The van der Waals surface area contributed by atoms with Gasteiger partial charge in [0.2, 0.25) is 0 Å². The van der Waals surface area contributed by atoms with Crippen LogP contribution in [0.15, 0.2) is 30.3 Å². The summed E-state index contributed by atoms with van der Waals surface area (Å²) in [5.74, 6) is -2.44. The van der Waals surface area contributed by atoms with Gasteiger partial charge < -0.3 is 38.8 Å². The predicted octanol–water partition coefficient (Wildman–Crippen LogP) is 0.781. The third kappa shape index (κ3) is 3.12. The Labute approximate surface area is 240 Å². The molecule has 6 aliphatic rings. The molecule has 1 heterocycles. The lowest BCUT2D eigenvalue weighted by molar-refractivity contribution is -0.277. The van der Waals surface area contributed by atoms with Crippen molar-refractivity contribution in [3.63, 3.8) is 0 Å². The highest BCUT2D eigenvalue weighted by Crippen LogP contribution is 2.78. The molecule has 0 radical (unpaired) electrons. The van der Waals surface area contributed by atoms with Gasteiger partial charge >= 0.3 is 5.97 Å². The highest BCUT2D eigenvalue weighted by Gasteiger charge is 2.87. The van der Waals surface area contributed by atoms with E-state index < -0.39 is 52.5 Å². The predicted molar refractivity (Wildman–Crippen MR) is 144 cm³/mol. The molecule has 10 nitrogen and oxygen atoms in total. The van der Waals surface area contributed by atoms with Crippen LogP contribution in [-0.4, -0.2) is 118 Å². The van der Waals surface area contributed by atoms with E-state index in [1.54, 1.807) is 45.6 Å². The fraction of sp³-hybridized carbons (Fsp3) is 0.742. The Hall–Kier alpha value is -1.92. The molecule has 0 aromatic heterocycles. The van der Waals surface area contributed by atoms with Crippen LogP contribution in [0.4, 0.5) is 0 Å². The molecule has 5 aliphatic carbocycles. The van der Waals surface area contributed by atoms with Gasteiger partial charge in [-0.3, -0.25) is 4.79 Å². The molecule has 224 valence electrons. The van der Waals surface area contributed by atoms with Gasteiger partial charge in [0.05, 0.1) is 30.5 Å². The van der Waals surface area contributed by atoms with Crippen molar-refractivity contribution >= 4 is 11.8 Å². The average molecular weight is 572 g/mol. The molecule has 1 spiro atoms. The van der Waals surface area contributed by atoms with Gasteiger partial charge in [-0.15, -0.1) is 0 Å². The Balaban J connectivity index is 1.44. The molecular formula is C31H41NO9. The van der Waals surface area contributed by atoms with Crippen LogP contribution >= 0.6 is 0 Å². The van der Waals surface area contributed by atoms with Gasteiger partial charge in [0.1, 0.15) is 17.8 Å². The number of benzene rings is 1. The number of hydrogen-bond donors (Lipinski definition) is 2. The van der Waals surface area contributed by atoms with Crippen LogP contribution in [-0.2, 0) is 28.5 Å². The zero-order valence-corrected chi connectivity index (χ0v) is 24.3. The molecular weight excluding hydrogens is 530 g/mol. The molecule has 41 heavy (non-hydrogen) atoms. The number of carbonyl (C=O) groups is 2. The Kier molecular flexibility index (Phi) is 6.32. The zero-order chi connectivity index (χ0) is 29.1. The second kappa shape index (κ2) is 9.29. The number of aliphatic hydroxyl groups is 2. The van der Waals surface area contributed by atoms with Crippen molar-refractivity contribution in [1.82, 2.24) is 4.90 Å². The van der Waals surface area contributed by atoms with Crippen molar-refractivity contribution in [1.29, 1.82) is 0 Å². The number of likely N-dealkylation sites (tertiary alicyclic amines) is 1. The molecule has 2 N–H and O–H groups in total. The van der Waals surface area contributed by atoms with Crippen molar-refractivity contribution in [3.8, 4) is 0 Å². The number of ether oxygens (including phenoxy) is 5. The van der Waals surface area contributed by atoms with E-state index in [4.69, 9.17) is 23.7 Å². The lowest BCUT2D eigenvalue weighted by Crippen LogP contribution is -2.76. The SMILES string of the molecule is COC[C@]12CN(C)C3C4C(OC)[C@H]1C3(C(OC)C[C@H]2O)[C@@H]1C[C@]2(O)[C@H](OC)C(=O)[C@H]4[C@H]1[C@H]2OC(=O)c1ccccc1. The van der Waals surface area contributed by atoms with Crippen LogP contribution in [0.25, 0.3) is 0 Å². The molecule has 1 aromatic rings. The summed E-state index contributed by atoms with van der Waals surface area (Å²) >= 11 is 0. The quantitative estimate of drug-likeness (QED) is 0.454. The van der Waals surface area contributed by atoms with Crippen molar-refractivity contribution in [2.45, 2.75) is 55.0 Å². The molecule has 10 heteroatoms. The van der Waals surface area contributed by atoms with Crippen molar-refractivity contribution < 1.29 is 43.5 Å². The highest BCUT2D eigenvalue weighted by molar-refractivity contribution is 5.92. The largest absolute Gasteiger partial charge is 0.455 e. The molecule has 7 rings (SSSR count). The molecule has 1 aromatic carbocycles. The molecule has 6 fully saturated rings. The van der Waals surface area contributed by atoms with Gasteiger partial charge in [0, 0.05) is 81.9 Å². The van der Waals surface area contributed by atoms with Gasteiger partial charge in [-0.1, -0.05) is 18.2 Å². The third-order valence-corrected chi connectivity index (χ3v) is 12.2. The number of Topliss-reactive ketones (excluding diaryl/α,β-unsaturated/α-hetero) is 1. The van der Waals surface area contributed by atoms with E-state index in [-0.39, 0.29) is 48.2 Å². The smallest absolute Gasteiger partial charge is 0.338 e. The van der Waals surface area contributed by atoms with Crippen LogP contribution in [0.3, 0.4) is 0 Å². The summed E-state index contributed by atoms with van der Waals surface area (Å²) in [6.07, 6.45) is -2.91. The van der Waals surface area contributed by atoms with Crippen LogP contribution in [0.1, 0.15) is 23.2 Å². The van der Waals surface area contributed by atoms with E-state index in [2.05, 4.69) is 11.9 Å². The van der Waals surface area contributed by atoms with E-state index in [0.29, 0.717) is 25.1 Å². The van der Waals surface area contributed by atoms with Crippen LogP contribution < -0.4 is 0 Å². The fourth-order valence-electron chi connectivity index (χ4n) is 11.6. The summed E-state index contributed by atoms with van der Waals surface area (Å²) in [6.45, 7) is 0.919. The third-order valence-electron chi connectivity index (χ3n) is 12.2. The van der Waals surface area contributed by atoms with Crippen molar-refractivity contribution in [2.75, 3.05) is 48.6 Å². The summed E-state index contributed by atoms with van der Waals surface area (Å²) < 4.78 is 30.5. The number of carbonyl (C=O) groups excluding carboxylic acids is 2. The number of esters is 1. The topological polar surface area (TPSA) is 124 Å². The second-order valence-corrected chi connectivity index (χ2v) is 13.4. The van der Waals surface area contributed by atoms with Gasteiger partial charge in [-0.25, -0.2) is 4.79 Å². The van der Waals surface area contributed by atoms with Gasteiger partial charge in [0.15, 0.2) is 5.78 Å². The summed E-state index contributed by atoms with van der Waals surface area (Å²) in [5.41, 5.74) is -2.57. The zero-order valence-electron chi connectivity index (χ0n) is 24.3. The van der Waals surface area contributed by atoms with Crippen LogP contribution in [0.5, 0.6) is 0 Å². The van der Waals surface area contributed by atoms with E-state index in [1.165, 1.54) is 7.11 Å². The summed E-state index contributed by atoms with van der Waals surface area (Å²) in [6, 6.07) is 8.62. The first-order chi connectivity index (χ1) is 19.7. The Morgan fingerprint density at radius 1 is 1.07 bits per heavy atom. The molecule has 1 aliphatic heterocycles. The summed E-state index contributed by atoms with van der Waals surface area (Å²) in [5, 5.41) is 24.2. The monoisotopic (exact) mass is 571 g/mol. The first-order valence-corrected chi connectivity index (χ1v) is 14.6. The molecule has 5 saturated carbocycles. The summed E-state index contributed by atoms with van der Waals surface area (Å²) in [7, 11) is 8.50. The standard InChI is InChI=1S/C31H41NO9/c1-32-13-29(14-37-2)17(33)11-18(38-3)31-16-12-30(36)26(41-28(35)15-9-7-6-8-10-15)19(16)20(22(34)27(30)40-5)21(25(31)32)23(39-4)24(29)31/h6-10,16-21,23-27,33,36H,11-14H2,1-5H3/t16-,17-,18?,19+,20+,21?,23?,24-,25?,26-,27-,29+,30-,31?/m1/s1. The Bertz CT molecular complexity index is 1230. The van der Waals surface area contributed by atoms with Gasteiger partial charge in [-0.2, -0.15) is 0 Å². The lowest BCUT2D eigenvalue weighted by atomic mass is 9.43. The van der Waals surface area contributed by atoms with E-state index in [0.717, 1.165) is 0 Å². The molecule has 7 bridgehead atoms. The van der Waals surface area contributed by atoms with E-state index in [9.17, 15) is 19.8 Å². The van der Waals surface area contributed by atoms with E-state index >= 15 is 0 Å². The number of nitrogens with zero attached hydrogens (tertiary/aromatic N) is 1. The van der Waals surface area contributed by atoms with Crippen LogP contribution in [0, 0.1) is 40.4 Å². The maximum atomic E-state index is 14.4. The normalized spacial score (nSPS) is 51.1. The maximum absolute atomic E-state index is 14.4. The average Bonchev–Trinajstić information content (AvgIpc) is 3.32. The molecule has 0 amide bonds. The minimum atomic E-state index is -1.70. The lowest BCUT2D eigenvalue weighted by Gasteiger charge is -2.68. The van der Waals surface area contributed by atoms with Crippen molar-refractivity contribution in [3.05, 3.63) is 35.9 Å². The number of rotatable bonds is 7. The number of ketones is 1. The first kappa shape index (κ1) is 27.9. The number of aliphatic hydroxyl groups excluding tert-OH is 1. The van der Waals surface area contributed by atoms with Gasteiger partial charge in [-0.05, 0) is 31.5 Å². The summed E-state index contributed by atoms with van der Waals surface area (Å²) in [4.78, 5) is 30.1. The molecule has 14 atom stereocenters. The molecule has 1 saturated heterocycles. The first-order valence-electron chi connectivity index (χ1n) is 14.6. The number of hydrogen-bond acceptors (Lipinski definition) is 10.